The second-order valence-electron chi connectivity index (χ2n) is 3.49. The van der Waals surface area contributed by atoms with Gasteiger partial charge in [-0.05, 0) is 31.3 Å². The van der Waals surface area contributed by atoms with Gasteiger partial charge in [-0.1, -0.05) is 12.8 Å². The van der Waals surface area contributed by atoms with Crippen LogP contribution in [0.3, 0.4) is 0 Å². The lowest BCUT2D eigenvalue weighted by atomic mass is 10.1. The fourth-order valence-corrected chi connectivity index (χ4v) is 1.77. The van der Waals surface area contributed by atoms with Crippen LogP contribution < -0.4 is 0 Å². The van der Waals surface area contributed by atoms with E-state index in [-0.39, 0.29) is 0 Å². The molecule has 0 aromatic carbocycles. The minimum absolute atomic E-state index is 0.982. The van der Waals surface area contributed by atoms with E-state index >= 15 is 0 Å². The quantitative estimate of drug-likeness (QED) is 0.393. The van der Waals surface area contributed by atoms with Crippen molar-refractivity contribution in [2.75, 3.05) is 6.26 Å². The van der Waals surface area contributed by atoms with Gasteiger partial charge in [0.2, 0.25) is 0 Å². The Hall–Kier alpha value is -0.510. The van der Waals surface area contributed by atoms with E-state index in [4.69, 9.17) is 0 Å². The lowest BCUT2D eigenvalue weighted by molar-refractivity contribution is 0.443. The molecule has 0 amide bonds. The van der Waals surface area contributed by atoms with Gasteiger partial charge in [-0.2, -0.15) is 8.42 Å². The molecule has 0 aliphatic heterocycles. The molecular weight excluding hydrogens is 188 g/mol. The lowest BCUT2D eigenvalue weighted by Crippen LogP contribution is -1.97. The topological polar surface area (TPSA) is 43.4 Å². The summed E-state index contributed by atoms with van der Waals surface area (Å²) in [4.78, 5) is 0. The highest BCUT2D eigenvalue weighted by atomic mass is 32.2. The monoisotopic (exact) mass is 204 g/mol. The normalized spacial score (nSPS) is 19.3. The van der Waals surface area contributed by atoms with Crippen molar-refractivity contribution in [2.45, 2.75) is 38.5 Å². The first-order valence-electron chi connectivity index (χ1n) is 4.64. The zero-order valence-electron chi connectivity index (χ0n) is 7.95. The molecule has 1 aliphatic carbocycles. The van der Waals surface area contributed by atoms with E-state index in [1.165, 1.54) is 19.1 Å². The second-order valence-corrected chi connectivity index (χ2v) is 5.09. The first-order chi connectivity index (χ1) is 6.08. The molecule has 1 saturated carbocycles. The molecule has 1 fully saturated rings. The molecule has 0 N–H and O–H groups in total. The van der Waals surface area contributed by atoms with Crippen LogP contribution in [0.25, 0.3) is 0 Å². The van der Waals surface area contributed by atoms with Crippen LogP contribution in [0.15, 0.2) is 11.8 Å². The molecule has 0 aromatic rings. The molecule has 1 aliphatic rings. The summed E-state index contributed by atoms with van der Waals surface area (Å²) in [5, 5.41) is 0. The van der Waals surface area contributed by atoms with Gasteiger partial charge in [0.05, 0.1) is 6.26 Å². The van der Waals surface area contributed by atoms with Crippen LogP contribution in [-0.4, -0.2) is 14.7 Å². The van der Waals surface area contributed by atoms with Crippen LogP contribution in [0.4, 0.5) is 0 Å². The molecule has 1 rings (SSSR count). The summed E-state index contributed by atoms with van der Waals surface area (Å²) in [6, 6.07) is 0. The van der Waals surface area contributed by atoms with Crippen molar-refractivity contribution in [3.63, 3.8) is 0 Å². The summed E-state index contributed by atoms with van der Waals surface area (Å²) < 4.78 is 26.0. The summed E-state index contributed by atoms with van der Waals surface area (Å²) in [6.07, 6.45) is 9.25. The predicted molar refractivity (Wildman–Crippen MR) is 51.7 cm³/mol. The Balaban J connectivity index is 2.49. The van der Waals surface area contributed by atoms with Crippen molar-refractivity contribution < 1.29 is 12.6 Å². The van der Waals surface area contributed by atoms with Gasteiger partial charge < -0.3 is 4.18 Å². The molecule has 0 heterocycles. The first-order valence-corrected chi connectivity index (χ1v) is 6.46. The largest absolute Gasteiger partial charge is 0.391 e. The van der Waals surface area contributed by atoms with Crippen molar-refractivity contribution >= 4 is 10.1 Å². The summed E-state index contributed by atoms with van der Waals surface area (Å²) in [5.74, 6) is 0. The van der Waals surface area contributed by atoms with Crippen LogP contribution in [0.1, 0.15) is 38.5 Å². The molecule has 0 saturated heterocycles. The van der Waals surface area contributed by atoms with Crippen LogP contribution in [0, 0.1) is 0 Å². The van der Waals surface area contributed by atoms with Gasteiger partial charge in [-0.25, -0.2) is 0 Å². The minimum atomic E-state index is -3.31. The minimum Gasteiger partial charge on any atom is -0.391 e. The zero-order valence-corrected chi connectivity index (χ0v) is 8.77. The van der Waals surface area contributed by atoms with E-state index < -0.39 is 10.1 Å². The molecule has 0 bridgehead atoms. The summed E-state index contributed by atoms with van der Waals surface area (Å²) in [5.41, 5.74) is 1.13. The van der Waals surface area contributed by atoms with Gasteiger partial charge in [0, 0.05) is 0 Å². The third-order valence-corrected chi connectivity index (χ3v) is 2.58. The summed E-state index contributed by atoms with van der Waals surface area (Å²) >= 11 is 0. The Morgan fingerprint density at radius 2 is 1.69 bits per heavy atom. The molecule has 76 valence electrons. The van der Waals surface area contributed by atoms with E-state index in [9.17, 15) is 8.42 Å². The smallest absolute Gasteiger partial charge is 0.305 e. The molecule has 0 aromatic heterocycles. The number of hydrogen-bond donors (Lipinski definition) is 0. The SMILES string of the molecule is CS(=O)(=O)OC=C1CCCCCC1. The Labute approximate surface area is 79.9 Å². The van der Waals surface area contributed by atoms with Gasteiger partial charge in [0.15, 0.2) is 0 Å². The zero-order chi connectivity index (χ0) is 9.73. The third kappa shape index (κ3) is 4.93. The number of allylic oxidation sites excluding steroid dienone is 1. The number of rotatable bonds is 2. The van der Waals surface area contributed by atoms with Crippen LogP contribution in [0.5, 0.6) is 0 Å². The van der Waals surface area contributed by atoms with E-state index in [0.717, 1.165) is 37.5 Å². The maximum Gasteiger partial charge on any atom is 0.305 e. The Morgan fingerprint density at radius 3 is 2.15 bits per heavy atom. The fraction of sp³-hybridized carbons (Fsp3) is 0.778. The third-order valence-electron chi connectivity index (χ3n) is 2.14. The van der Waals surface area contributed by atoms with Gasteiger partial charge in [-0.15, -0.1) is 0 Å². The number of hydrogen-bond acceptors (Lipinski definition) is 3. The van der Waals surface area contributed by atoms with Gasteiger partial charge in [0.1, 0.15) is 6.26 Å². The molecular formula is C9H16O3S. The average Bonchev–Trinajstić information content (AvgIpc) is 2.26. The van der Waals surface area contributed by atoms with Gasteiger partial charge in [-0.3, -0.25) is 0 Å². The maximum atomic E-state index is 10.7. The Bertz CT molecular complexity index is 267. The highest BCUT2D eigenvalue weighted by molar-refractivity contribution is 7.86. The van der Waals surface area contributed by atoms with Crippen molar-refractivity contribution in [2.24, 2.45) is 0 Å². The van der Waals surface area contributed by atoms with Crippen LogP contribution in [-0.2, 0) is 14.3 Å². The summed E-state index contributed by atoms with van der Waals surface area (Å²) in [7, 11) is -3.31. The molecule has 13 heavy (non-hydrogen) atoms. The van der Waals surface area contributed by atoms with Crippen molar-refractivity contribution in [1.29, 1.82) is 0 Å². The van der Waals surface area contributed by atoms with Crippen LogP contribution >= 0.6 is 0 Å². The molecule has 0 unspecified atom stereocenters. The standard InChI is InChI=1S/C9H16O3S/c1-13(10,11)12-8-9-6-4-2-3-5-7-9/h8H,2-7H2,1H3. The van der Waals surface area contributed by atoms with Crippen molar-refractivity contribution in [1.82, 2.24) is 0 Å². The van der Waals surface area contributed by atoms with E-state index in [0.29, 0.717) is 0 Å². The van der Waals surface area contributed by atoms with Gasteiger partial charge >= 0.3 is 10.1 Å². The maximum absolute atomic E-state index is 10.7. The molecule has 0 radical (unpaired) electrons. The average molecular weight is 204 g/mol. The predicted octanol–water partition coefficient (Wildman–Crippen LogP) is 2.20. The highest BCUT2D eigenvalue weighted by Crippen LogP contribution is 2.22. The van der Waals surface area contributed by atoms with E-state index in [2.05, 4.69) is 4.18 Å². The summed E-state index contributed by atoms with van der Waals surface area (Å²) in [6.45, 7) is 0. The van der Waals surface area contributed by atoms with Crippen molar-refractivity contribution in [3.05, 3.63) is 11.8 Å². The van der Waals surface area contributed by atoms with E-state index in [1.54, 1.807) is 0 Å². The molecule has 0 spiro atoms. The van der Waals surface area contributed by atoms with Gasteiger partial charge in [0.25, 0.3) is 0 Å². The second kappa shape index (κ2) is 4.65. The van der Waals surface area contributed by atoms with Crippen molar-refractivity contribution in [3.8, 4) is 0 Å². The first kappa shape index (κ1) is 10.6. The lowest BCUT2D eigenvalue weighted by Gasteiger charge is -2.01. The van der Waals surface area contributed by atoms with E-state index in [1.807, 2.05) is 0 Å². The Morgan fingerprint density at radius 1 is 1.15 bits per heavy atom. The highest BCUT2D eigenvalue weighted by Gasteiger charge is 2.06. The Kier molecular flexibility index (Phi) is 3.78. The fourth-order valence-electron chi connectivity index (χ4n) is 1.46. The molecule has 4 heteroatoms. The molecule has 0 atom stereocenters. The molecule has 3 nitrogen and oxygen atoms in total. The van der Waals surface area contributed by atoms with Crippen LogP contribution in [0.2, 0.25) is 0 Å².